The van der Waals surface area contributed by atoms with Crippen LogP contribution in [0.25, 0.3) is 0 Å². The van der Waals surface area contributed by atoms with Gasteiger partial charge in [0, 0.05) is 23.8 Å². The van der Waals surface area contributed by atoms with E-state index in [0.29, 0.717) is 11.7 Å². The lowest BCUT2D eigenvalue weighted by Gasteiger charge is -2.22. The monoisotopic (exact) mass is 262 g/mol. The number of hydrogen-bond acceptors (Lipinski definition) is 3. The van der Waals surface area contributed by atoms with Crippen LogP contribution in [0.15, 0.2) is 0 Å². The number of carbonyl (C=O) groups is 1. The molecule has 1 fully saturated rings. The summed E-state index contributed by atoms with van der Waals surface area (Å²) < 4.78 is 0. The lowest BCUT2D eigenvalue weighted by atomic mass is 10.2. The highest BCUT2D eigenvalue weighted by atomic mass is 16.1. The molecule has 0 spiro atoms. The van der Waals surface area contributed by atoms with Gasteiger partial charge in [-0.05, 0) is 45.2 Å². The Morgan fingerprint density at radius 2 is 2.37 bits per heavy atom. The van der Waals surface area contributed by atoms with Gasteiger partial charge >= 0.3 is 0 Å². The van der Waals surface area contributed by atoms with E-state index in [2.05, 4.69) is 27.3 Å². The maximum atomic E-state index is 12.2. The van der Waals surface area contributed by atoms with E-state index in [1.807, 2.05) is 0 Å². The maximum absolute atomic E-state index is 12.2. The van der Waals surface area contributed by atoms with Crippen molar-refractivity contribution in [3.05, 3.63) is 17.0 Å². The zero-order valence-electron chi connectivity index (χ0n) is 11.5. The fourth-order valence-electron chi connectivity index (χ4n) is 3.34. The van der Waals surface area contributed by atoms with Gasteiger partial charge in [-0.2, -0.15) is 5.10 Å². The second kappa shape index (κ2) is 5.33. The molecule has 1 aliphatic carbocycles. The number of likely N-dealkylation sites (N-methyl/N-ethyl adjacent to an activating group) is 1. The first kappa shape index (κ1) is 12.7. The van der Waals surface area contributed by atoms with Crippen molar-refractivity contribution in [2.75, 3.05) is 19.6 Å². The minimum atomic E-state index is -0.0117. The molecule has 104 valence electrons. The normalized spacial score (nSPS) is 22.7. The largest absolute Gasteiger partial charge is 0.349 e. The van der Waals surface area contributed by atoms with Crippen LogP contribution < -0.4 is 5.32 Å². The summed E-state index contributed by atoms with van der Waals surface area (Å²) in [7, 11) is 0. The Morgan fingerprint density at radius 3 is 3.21 bits per heavy atom. The molecule has 0 aromatic carbocycles. The summed E-state index contributed by atoms with van der Waals surface area (Å²) in [5.74, 6) is -0.0117. The standard InChI is InChI=1S/C14H22N4O/c1-2-18-8-4-5-10(18)9-15-14(19)13-11-6-3-7-12(11)16-17-13/h10H,2-9H2,1H3,(H,15,19)(H,16,17). The Kier molecular flexibility index (Phi) is 3.55. The molecule has 2 N–H and O–H groups in total. The predicted molar refractivity (Wildman–Crippen MR) is 73.2 cm³/mol. The van der Waals surface area contributed by atoms with E-state index in [4.69, 9.17) is 0 Å². The molecule has 1 amide bonds. The number of nitrogens with one attached hydrogen (secondary N) is 2. The van der Waals surface area contributed by atoms with E-state index in [1.54, 1.807) is 0 Å². The molecule has 1 unspecified atom stereocenters. The zero-order chi connectivity index (χ0) is 13.2. The number of amides is 1. The van der Waals surface area contributed by atoms with Gasteiger partial charge in [-0.1, -0.05) is 6.92 Å². The molecule has 1 aliphatic heterocycles. The first-order valence-corrected chi connectivity index (χ1v) is 7.38. The predicted octanol–water partition coefficient (Wildman–Crippen LogP) is 1.11. The van der Waals surface area contributed by atoms with Crippen LogP contribution >= 0.6 is 0 Å². The lowest BCUT2D eigenvalue weighted by molar-refractivity contribution is 0.0935. The molecule has 2 aliphatic rings. The van der Waals surface area contributed by atoms with Crippen LogP contribution in [0, 0.1) is 0 Å². The first-order valence-electron chi connectivity index (χ1n) is 7.38. The molecule has 0 radical (unpaired) electrons. The number of rotatable bonds is 4. The molecular weight excluding hydrogens is 240 g/mol. The summed E-state index contributed by atoms with van der Waals surface area (Å²) >= 11 is 0. The zero-order valence-corrected chi connectivity index (χ0v) is 11.5. The van der Waals surface area contributed by atoms with Gasteiger partial charge in [-0.3, -0.25) is 14.8 Å². The molecule has 2 heterocycles. The third-order valence-corrected chi connectivity index (χ3v) is 4.42. The molecule has 0 bridgehead atoms. The van der Waals surface area contributed by atoms with Crippen LogP contribution in [0.2, 0.25) is 0 Å². The third-order valence-electron chi connectivity index (χ3n) is 4.42. The summed E-state index contributed by atoms with van der Waals surface area (Å²) in [6, 6.07) is 0.501. The van der Waals surface area contributed by atoms with E-state index < -0.39 is 0 Å². The molecule has 19 heavy (non-hydrogen) atoms. The quantitative estimate of drug-likeness (QED) is 0.854. The summed E-state index contributed by atoms with van der Waals surface area (Å²) in [5.41, 5.74) is 2.91. The maximum Gasteiger partial charge on any atom is 0.272 e. The summed E-state index contributed by atoms with van der Waals surface area (Å²) in [6.07, 6.45) is 5.58. The molecule has 1 saturated heterocycles. The van der Waals surface area contributed by atoms with E-state index in [-0.39, 0.29) is 5.91 Å². The Hall–Kier alpha value is -1.36. The summed E-state index contributed by atoms with van der Waals surface area (Å²) in [4.78, 5) is 14.6. The minimum Gasteiger partial charge on any atom is -0.349 e. The summed E-state index contributed by atoms with van der Waals surface area (Å²) in [6.45, 7) is 5.15. The molecule has 5 nitrogen and oxygen atoms in total. The molecule has 0 saturated carbocycles. The SMILES string of the molecule is CCN1CCCC1CNC(=O)c1n[nH]c2c1CCC2. The van der Waals surface area contributed by atoms with Gasteiger partial charge < -0.3 is 5.32 Å². The number of aromatic amines is 1. The van der Waals surface area contributed by atoms with Crippen molar-refractivity contribution in [2.24, 2.45) is 0 Å². The Morgan fingerprint density at radius 1 is 1.47 bits per heavy atom. The molecule has 3 rings (SSSR count). The van der Waals surface area contributed by atoms with Crippen molar-refractivity contribution in [2.45, 2.75) is 45.1 Å². The van der Waals surface area contributed by atoms with Gasteiger partial charge in [0.25, 0.3) is 5.91 Å². The fourth-order valence-corrected chi connectivity index (χ4v) is 3.34. The Bertz CT molecular complexity index is 468. The van der Waals surface area contributed by atoms with Crippen LogP contribution in [0.1, 0.15) is 47.9 Å². The second-order valence-electron chi connectivity index (χ2n) is 5.52. The van der Waals surface area contributed by atoms with E-state index >= 15 is 0 Å². The fraction of sp³-hybridized carbons (Fsp3) is 0.714. The number of carbonyl (C=O) groups excluding carboxylic acids is 1. The van der Waals surface area contributed by atoms with Crippen LogP contribution in [0.5, 0.6) is 0 Å². The second-order valence-corrected chi connectivity index (χ2v) is 5.52. The molecule has 1 aromatic heterocycles. The van der Waals surface area contributed by atoms with E-state index in [0.717, 1.165) is 50.2 Å². The topological polar surface area (TPSA) is 61.0 Å². The number of H-pyrrole nitrogens is 1. The van der Waals surface area contributed by atoms with Crippen molar-refractivity contribution >= 4 is 5.91 Å². The van der Waals surface area contributed by atoms with E-state index in [9.17, 15) is 4.79 Å². The molecule has 1 aromatic rings. The minimum absolute atomic E-state index is 0.0117. The average Bonchev–Trinajstić information content (AvgIpc) is 3.11. The number of hydrogen-bond donors (Lipinski definition) is 2. The van der Waals surface area contributed by atoms with Gasteiger partial charge in [-0.15, -0.1) is 0 Å². The van der Waals surface area contributed by atoms with Gasteiger partial charge in [0.15, 0.2) is 5.69 Å². The third kappa shape index (κ3) is 2.39. The van der Waals surface area contributed by atoms with Crippen LogP contribution in [-0.2, 0) is 12.8 Å². The number of likely N-dealkylation sites (tertiary alicyclic amines) is 1. The highest BCUT2D eigenvalue weighted by Crippen LogP contribution is 2.22. The lowest BCUT2D eigenvalue weighted by Crippen LogP contribution is -2.40. The number of nitrogens with zero attached hydrogens (tertiary/aromatic N) is 2. The van der Waals surface area contributed by atoms with Crippen molar-refractivity contribution in [1.82, 2.24) is 20.4 Å². The van der Waals surface area contributed by atoms with Crippen molar-refractivity contribution in [3.8, 4) is 0 Å². The summed E-state index contributed by atoms with van der Waals surface area (Å²) in [5, 5.41) is 10.2. The Labute approximate surface area is 113 Å². The highest BCUT2D eigenvalue weighted by Gasteiger charge is 2.26. The van der Waals surface area contributed by atoms with Gasteiger partial charge in [0.2, 0.25) is 0 Å². The van der Waals surface area contributed by atoms with Gasteiger partial charge in [-0.25, -0.2) is 0 Å². The van der Waals surface area contributed by atoms with Crippen LogP contribution in [0.4, 0.5) is 0 Å². The molecular formula is C14H22N4O. The van der Waals surface area contributed by atoms with Crippen LogP contribution in [0.3, 0.4) is 0 Å². The van der Waals surface area contributed by atoms with Crippen molar-refractivity contribution in [3.63, 3.8) is 0 Å². The number of aromatic nitrogens is 2. The van der Waals surface area contributed by atoms with E-state index in [1.165, 1.54) is 12.8 Å². The smallest absolute Gasteiger partial charge is 0.272 e. The molecule has 1 atom stereocenters. The van der Waals surface area contributed by atoms with Crippen molar-refractivity contribution < 1.29 is 4.79 Å². The first-order chi connectivity index (χ1) is 9.29. The van der Waals surface area contributed by atoms with Crippen molar-refractivity contribution in [1.29, 1.82) is 0 Å². The Balaban J connectivity index is 1.59. The van der Waals surface area contributed by atoms with Gasteiger partial charge in [0.05, 0.1) is 0 Å². The highest BCUT2D eigenvalue weighted by molar-refractivity contribution is 5.94. The average molecular weight is 262 g/mol. The number of fused-ring (bicyclic) bond motifs is 1. The number of aryl methyl sites for hydroxylation is 1. The molecule has 5 heteroatoms. The van der Waals surface area contributed by atoms with Gasteiger partial charge in [0.1, 0.15) is 0 Å². The van der Waals surface area contributed by atoms with Crippen LogP contribution in [-0.4, -0.2) is 46.7 Å².